The molecule has 2 bridgehead atoms. The Labute approximate surface area is 206 Å². The Balaban J connectivity index is 1.60. The number of nitrogens with zero attached hydrogens (tertiary/aromatic N) is 2. The first-order chi connectivity index (χ1) is 16.3. The molecule has 0 aliphatic carbocycles. The first-order valence-electron chi connectivity index (χ1n) is 11.2. The van der Waals surface area contributed by atoms with Crippen molar-refractivity contribution >= 4 is 29.1 Å². The summed E-state index contributed by atoms with van der Waals surface area (Å²) in [6.07, 6.45) is 3.17. The van der Waals surface area contributed by atoms with E-state index in [0.717, 1.165) is 36.2 Å². The van der Waals surface area contributed by atoms with E-state index in [1.165, 1.54) is 0 Å². The summed E-state index contributed by atoms with van der Waals surface area (Å²) in [7, 11) is 0. The van der Waals surface area contributed by atoms with Gasteiger partial charge in [-0.2, -0.15) is 0 Å². The SMILES string of the molecule is NC(=O)C1(c2cc(F)c(F)cn2)C[C@H]2CC[C@@H](C1)N2C(c1ccccc1Cl)c1ccccc1Cl. The van der Waals surface area contributed by atoms with Gasteiger partial charge in [0.1, 0.15) is 0 Å². The fourth-order valence-electron chi connectivity index (χ4n) is 5.80. The lowest BCUT2D eigenvalue weighted by Crippen LogP contribution is -2.56. The Bertz CT molecular complexity index is 1190. The number of fused-ring (bicyclic) bond motifs is 2. The van der Waals surface area contributed by atoms with E-state index in [2.05, 4.69) is 9.88 Å². The first kappa shape index (κ1) is 23.2. The number of carbonyl (C=O) groups is 1. The Hall–Kier alpha value is -2.54. The monoisotopic (exact) mass is 501 g/mol. The molecular formula is C26H23Cl2F2N3O. The largest absolute Gasteiger partial charge is 0.369 e. The summed E-state index contributed by atoms with van der Waals surface area (Å²) in [5.41, 5.74) is 6.76. The van der Waals surface area contributed by atoms with Crippen molar-refractivity contribution in [1.29, 1.82) is 0 Å². The standard InChI is InChI=1S/C26H23Cl2F2N3O/c27-19-7-3-1-5-17(19)24(18-6-2-4-8-20(18)28)33-15-9-10-16(33)13-26(12-15,25(31)34)23-11-21(29)22(30)14-32-23/h1-8,11,14-16,24H,9-10,12-13H2,(H2,31,34)/t15-,16+,26?. The Morgan fingerprint density at radius 2 is 1.50 bits per heavy atom. The van der Waals surface area contributed by atoms with E-state index in [9.17, 15) is 13.6 Å². The molecule has 4 nitrogen and oxygen atoms in total. The molecule has 2 aliphatic rings. The number of piperidine rings is 1. The van der Waals surface area contributed by atoms with E-state index in [-0.39, 0.29) is 23.8 Å². The molecular weight excluding hydrogens is 479 g/mol. The number of amides is 1. The molecule has 5 rings (SSSR count). The van der Waals surface area contributed by atoms with Crippen molar-refractivity contribution in [1.82, 2.24) is 9.88 Å². The van der Waals surface area contributed by atoms with Gasteiger partial charge in [0.2, 0.25) is 5.91 Å². The fourth-order valence-corrected chi connectivity index (χ4v) is 6.28. The van der Waals surface area contributed by atoms with Crippen molar-refractivity contribution in [3.63, 3.8) is 0 Å². The summed E-state index contributed by atoms with van der Waals surface area (Å²) < 4.78 is 27.7. The molecule has 8 heteroatoms. The van der Waals surface area contributed by atoms with Crippen LogP contribution in [-0.2, 0) is 10.2 Å². The minimum atomic E-state index is -1.18. The van der Waals surface area contributed by atoms with Crippen LogP contribution in [0.15, 0.2) is 60.8 Å². The van der Waals surface area contributed by atoms with Crippen LogP contribution in [0.3, 0.4) is 0 Å². The van der Waals surface area contributed by atoms with E-state index >= 15 is 0 Å². The van der Waals surface area contributed by atoms with Gasteiger partial charge in [-0.15, -0.1) is 0 Å². The third kappa shape index (κ3) is 3.78. The molecule has 1 amide bonds. The Kier molecular flexibility index (Phi) is 6.09. The molecule has 1 aromatic heterocycles. The number of halogens is 4. The number of hydrogen-bond acceptors (Lipinski definition) is 3. The van der Waals surface area contributed by atoms with E-state index in [1.54, 1.807) is 0 Å². The third-order valence-electron chi connectivity index (χ3n) is 7.31. The second-order valence-corrected chi connectivity index (χ2v) is 9.93. The highest BCUT2D eigenvalue weighted by Gasteiger charge is 2.55. The van der Waals surface area contributed by atoms with Crippen LogP contribution in [0.1, 0.15) is 48.5 Å². The van der Waals surface area contributed by atoms with Crippen LogP contribution in [0.2, 0.25) is 10.0 Å². The summed E-state index contributed by atoms with van der Waals surface area (Å²) in [6, 6.07) is 16.0. The zero-order valence-electron chi connectivity index (χ0n) is 18.2. The topological polar surface area (TPSA) is 59.2 Å². The predicted molar refractivity (Wildman–Crippen MR) is 128 cm³/mol. The van der Waals surface area contributed by atoms with Gasteiger partial charge < -0.3 is 5.73 Å². The van der Waals surface area contributed by atoms with Crippen LogP contribution in [0.5, 0.6) is 0 Å². The highest BCUT2D eigenvalue weighted by molar-refractivity contribution is 6.32. The highest BCUT2D eigenvalue weighted by Crippen LogP contribution is 2.52. The lowest BCUT2D eigenvalue weighted by molar-refractivity contribution is -0.127. The molecule has 2 saturated heterocycles. The van der Waals surface area contributed by atoms with Gasteiger partial charge in [0.15, 0.2) is 11.6 Å². The van der Waals surface area contributed by atoms with Crippen molar-refractivity contribution in [2.75, 3.05) is 0 Å². The molecule has 2 aromatic carbocycles. The number of rotatable bonds is 5. The van der Waals surface area contributed by atoms with Gasteiger partial charge >= 0.3 is 0 Å². The summed E-state index contributed by atoms with van der Waals surface area (Å²) in [4.78, 5) is 19.3. The Morgan fingerprint density at radius 3 is 1.97 bits per heavy atom. The minimum Gasteiger partial charge on any atom is -0.369 e. The van der Waals surface area contributed by atoms with Crippen LogP contribution < -0.4 is 5.73 Å². The number of aromatic nitrogens is 1. The summed E-state index contributed by atoms with van der Waals surface area (Å²) in [6.45, 7) is 0. The van der Waals surface area contributed by atoms with Crippen LogP contribution in [0, 0.1) is 11.6 Å². The lowest BCUT2D eigenvalue weighted by Gasteiger charge is -2.48. The van der Waals surface area contributed by atoms with Gasteiger partial charge in [-0.25, -0.2) is 8.78 Å². The number of hydrogen-bond donors (Lipinski definition) is 1. The number of pyridine rings is 1. The summed E-state index contributed by atoms with van der Waals surface area (Å²) in [5, 5.41) is 1.25. The van der Waals surface area contributed by atoms with E-state index in [4.69, 9.17) is 28.9 Å². The molecule has 34 heavy (non-hydrogen) atoms. The van der Waals surface area contributed by atoms with Crippen LogP contribution in [0.4, 0.5) is 8.78 Å². The van der Waals surface area contributed by atoms with Gasteiger partial charge in [-0.1, -0.05) is 59.6 Å². The van der Waals surface area contributed by atoms with E-state index in [0.29, 0.717) is 22.9 Å². The highest BCUT2D eigenvalue weighted by atomic mass is 35.5. The number of primary amides is 1. The molecule has 1 unspecified atom stereocenters. The maximum atomic E-state index is 14.1. The van der Waals surface area contributed by atoms with E-state index < -0.39 is 23.0 Å². The van der Waals surface area contributed by atoms with Crippen molar-refractivity contribution in [3.05, 3.63) is 99.3 Å². The molecule has 176 valence electrons. The Morgan fingerprint density at radius 1 is 0.971 bits per heavy atom. The van der Waals surface area contributed by atoms with Gasteiger partial charge in [-0.3, -0.25) is 14.7 Å². The molecule has 2 fully saturated rings. The van der Waals surface area contributed by atoms with Gasteiger partial charge in [0, 0.05) is 22.1 Å². The molecule has 3 heterocycles. The number of nitrogens with two attached hydrogens (primary N) is 1. The maximum absolute atomic E-state index is 14.1. The normalized spacial score (nSPS) is 24.5. The summed E-state index contributed by atoms with van der Waals surface area (Å²) >= 11 is 13.3. The second-order valence-electron chi connectivity index (χ2n) is 9.12. The number of benzene rings is 2. The van der Waals surface area contributed by atoms with Crippen molar-refractivity contribution in [2.24, 2.45) is 5.73 Å². The summed E-state index contributed by atoms with van der Waals surface area (Å²) in [5.74, 6) is -2.67. The molecule has 0 saturated carbocycles. The zero-order valence-corrected chi connectivity index (χ0v) is 19.7. The van der Waals surface area contributed by atoms with Crippen molar-refractivity contribution in [2.45, 2.75) is 49.2 Å². The molecule has 0 radical (unpaired) electrons. The molecule has 3 atom stereocenters. The van der Waals surface area contributed by atoms with E-state index in [1.807, 2.05) is 48.5 Å². The average molecular weight is 502 g/mol. The lowest BCUT2D eigenvalue weighted by atomic mass is 9.70. The zero-order chi connectivity index (χ0) is 24.0. The number of carbonyl (C=O) groups excluding carboxylic acids is 1. The van der Waals surface area contributed by atoms with Gasteiger partial charge in [0.25, 0.3) is 0 Å². The second kappa shape index (κ2) is 8.91. The molecule has 0 spiro atoms. The molecule has 3 aromatic rings. The predicted octanol–water partition coefficient (Wildman–Crippen LogP) is 5.81. The van der Waals surface area contributed by atoms with Crippen molar-refractivity contribution in [3.8, 4) is 0 Å². The molecule has 2 N–H and O–H groups in total. The van der Waals surface area contributed by atoms with Crippen LogP contribution in [-0.4, -0.2) is 27.9 Å². The maximum Gasteiger partial charge on any atom is 0.229 e. The minimum absolute atomic E-state index is 0.0568. The fraction of sp³-hybridized carbons (Fsp3) is 0.308. The van der Waals surface area contributed by atoms with Gasteiger partial charge in [0.05, 0.1) is 23.3 Å². The first-order valence-corrected chi connectivity index (χ1v) is 11.9. The smallest absolute Gasteiger partial charge is 0.229 e. The van der Waals surface area contributed by atoms with Gasteiger partial charge in [-0.05, 0) is 55.0 Å². The van der Waals surface area contributed by atoms with Crippen LogP contribution >= 0.6 is 23.2 Å². The van der Waals surface area contributed by atoms with Crippen LogP contribution in [0.25, 0.3) is 0 Å². The molecule has 2 aliphatic heterocycles. The van der Waals surface area contributed by atoms with Crippen molar-refractivity contribution < 1.29 is 13.6 Å². The average Bonchev–Trinajstić information content (AvgIpc) is 3.07. The quantitative estimate of drug-likeness (QED) is 0.480. The third-order valence-corrected chi connectivity index (χ3v) is 8.00.